The first-order chi connectivity index (χ1) is 7.77. The first-order valence-electron chi connectivity index (χ1n) is 6.57. The third kappa shape index (κ3) is 2.78. The molecule has 1 heterocycles. The summed E-state index contributed by atoms with van der Waals surface area (Å²) in [4.78, 5) is 2.50. The molecule has 1 unspecified atom stereocenters. The van der Waals surface area contributed by atoms with Crippen molar-refractivity contribution in [2.75, 3.05) is 13.1 Å². The summed E-state index contributed by atoms with van der Waals surface area (Å²) in [6, 6.07) is 0. The van der Waals surface area contributed by atoms with Crippen molar-refractivity contribution in [3.8, 4) is 0 Å². The van der Waals surface area contributed by atoms with Crippen LogP contribution in [0.1, 0.15) is 39.0 Å². The molecule has 0 amide bonds. The van der Waals surface area contributed by atoms with Crippen LogP contribution in [-0.2, 0) is 0 Å². The van der Waals surface area contributed by atoms with E-state index in [0.717, 1.165) is 5.92 Å². The molecule has 1 fully saturated rings. The normalized spacial score (nSPS) is 26.2. The molecule has 0 aromatic carbocycles. The Bertz CT molecular complexity index is 311. The van der Waals surface area contributed by atoms with Crippen molar-refractivity contribution in [1.82, 2.24) is 4.90 Å². The van der Waals surface area contributed by atoms with Gasteiger partial charge in [0.25, 0.3) is 0 Å². The molecule has 0 aromatic heterocycles. The lowest BCUT2D eigenvalue weighted by Crippen LogP contribution is -2.27. The van der Waals surface area contributed by atoms with E-state index < -0.39 is 0 Å². The highest BCUT2D eigenvalue weighted by Gasteiger charge is 2.17. The minimum Gasteiger partial charge on any atom is -0.372 e. The Labute approximate surface area is 99.5 Å². The van der Waals surface area contributed by atoms with Crippen molar-refractivity contribution in [2.45, 2.75) is 39.0 Å². The fraction of sp³-hybridized carbons (Fsp3) is 0.600. The van der Waals surface area contributed by atoms with Crippen LogP contribution < -0.4 is 0 Å². The Hall–Kier alpha value is -0.980. The van der Waals surface area contributed by atoms with Crippen LogP contribution in [0.15, 0.2) is 36.1 Å². The Kier molecular flexibility index (Phi) is 3.87. The molecule has 0 aromatic rings. The largest absolute Gasteiger partial charge is 0.372 e. The Morgan fingerprint density at radius 3 is 3.06 bits per heavy atom. The number of hydrogen-bond acceptors (Lipinski definition) is 1. The van der Waals surface area contributed by atoms with E-state index in [2.05, 4.69) is 36.6 Å². The molecule has 0 radical (unpaired) electrons. The van der Waals surface area contributed by atoms with Gasteiger partial charge >= 0.3 is 0 Å². The van der Waals surface area contributed by atoms with E-state index >= 15 is 0 Å². The van der Waals surface area contributed by atoms with Crippen LogP contribution in [0.25, 0.3) is 0 Å². The maximum absolute atomic E-state index is 4.30. The molecule has 1 heteroatoms. The molecule has 1 saturated heterocycles. The van der Waals surface area contributed by atoms with Crippen molar-refractivity contribution in [2.24, 2.45) is 5.92 Å². The molecular weight excluding hydrogens is 194 g/mol. The molecule has 88 valence electrons. The second-order valence-corrected chi connectivity index (χ2v) is 5.15. The molecule has 0 spiro atoms. The maximum Gasteiger partial charge on any atom is 0.0325 e. The second kappa shape index (κ2) is 5.38. The molecule has 0 N–H and O–H groups in total. The van der Waals surface area contributed by atoms with Crippen LogP contribution in [-0.4, -0.2) is 18.0 Å². The molecule has 2 aliphatic rings. The first-order valence-corrected chi connectivity index (χ1v) is 6.57. The summed E-state index contributed by atoms with van der Waals surface area (Å²) in [6.45, 7) is 9.06. The van der Waals surface area contributed by atoms with Crippen LogP contribution in [0.2, 0.25) is 0 Å². The quantitative estimate of drug-likeness (QED) is 0.678. The third-order valence-corrected chi connectivity index (χ3v) is 3.67. The van der Waals surface area contributed by atoms with Crippen LogP contribution >= 0.6 is 0 Å². The lowest BCUT2D eigenvalue weighted by molar-refractivity contribution is 0.323. The summed E-state index contributed by atoms with van der Waals surface area (Å²) < 4.78 is 0. The highest BCUT2D eigenvalue weighted by molar-refractivity contribution is 5.33. The molecule has 1 aliphatic carbocycles. The third-order valence-electron chi connectivity index (χ3n) is 3.67. The molecule has 1 nitrogen and oxygen atoms in total. The Morgan fingerprint density at radius 2 is 2.31 bits per heavy atom. The number of likely N-dealkylation sites (tertiary alicyclic amines) is 1. The van der Waals surface area contributed by atoms with Crippen molar-refractivity contribution in [3.63, 3.8) is 0 Å². The SMILES string of the molecule is C=C(C1=CC=CCC1)N1CCCCC(C)C1. The summed E-state index contributed by atoms with van der Waals surface area (Å²) in [7, 11) is 0. The fourth-order valence-electron chi connectivity index (χ4n) is 2.65. The van der Waals surface area contributed by atoms with E-state index in [1.165, 1.54) is 56.5 Å². The highest BCUT2D eigenvalue weighted by atomic mass is 15.1. The topological polar surface area (TPSA) is 3.24 Å². The van der Waals surface area contributed by atoms with E-state index in [9.17, 15) is 0 Å². The number of nitrogens with zero attached hydrogens (tertiary/aromatic N) is 1. The van der Waals surface area contributed by atoms with Crippen molar-refractivity contribution in [3.05, 3.63) is 36.1 Å². The molecule has 0 saturated carbocycles. The van der Waals surface area contributed by atoms with E-state index in [1.54, 1.807) is 0 Å². The number of hydrogen-bond donors (Lipinski definition) is 0. The van der Waals surface area contributed by atoms with Gasteiger partial charge in [0.2, 0.25) is 0 Å². The molecule has 1 aliphatic heterocycles. The lowest BCUT2D eigenvalue weighted by Gasteiger charge is -2.29. The molecular formula is C15H23N. The number of rotatable bonds is 2. The van der Waals surface area contributed by atoms with E-state index in [4.69, 9.17) is 0 Å². The summed E-state index contributed by atoms with van der Waals surface area (Å²) in [5.41, 5.74) is 2.72. The second-order valence-electron chi connectivity index (χ2n) is 5.15. The van der Waals surface area contributed by atoms with Crippen molar-refractivity contribution >= 4 is 0 Å². The van der Waals surface area contributed by atoms with Gasteiger partial charge in [0, 0.05) is 18.8 Å². The zero-order chi connectivity index (χ0) is 11.4. The van der Waals surface area contributed by atoms with Gasteiger partial charge in [-0.1, -0.05) is 38.2 Å². The van der Waals surface area contributed by atoms with Gasteiger partial charge < -0.3 is 4.90 Å². The summed E-state index contributed by atoms with van der Waals surface area (Å²) >= 11 is 0. The van der Waals surface area contributed by atoms with Gasteiger partial charge in [-0.25, -0.2) is 0 Å². The van der Waals surface area contributed by atoms with Gasteiger partial charge in [-0.3, -0.25) is 0 Å². The minimum atomic E-state index is 0.819. The van der Waals surface area contributed by atoms with Gasteiger partial charge in [0.05, 0.1) is 0 Å². The number of allylic oxidation sites excluding steroid dienone is 4. The molecule has 16 heavy (non-hydrogen) atoms. The van der Waals surface area contributed by atoms with Crippen LogP contribution in [0, 0.1) is 5.92 Å². The Balaban J connectivity index is 2.02. The molecule has 2 rings (SSSR count). The van der Waals surface area contributed by atoms with E-state index in [-0.39, 0.29) is 0 Å². The molecule has 0 bridgehead atoms. The monoisotopic (exact) mass is 217 g/mol. The maximum atomic E-state index is 4.30. The van der Waals surface area contributed by atoms with Crippen LogP contribution in [0.5, 0.6) is 0 Å². The standard InChI is InChI=1S/C15H23N/c1-13-8-6-7-11-16(12-13)14(2)15-9-4-3-5-10-15/h3-4,9,13H,2,5-8,10-12H2,1H3. The van der Waals surface area contributed by atoms with Crippen molar-refractivity contribution in [1.29, 1.82) is 0 Å². The van der Waals surface area contributed by atoms with Crippen molar-refractivity contribution < 1.29 is 0 Å². The van der Waals surface area contributed by atoms with Crippen LogP contribution in [0.3, 0.4) is 0 Å². The minimum absolute atomic E-state index is 0.819. The summed E-state index contributed by atoms with van der Waals surface area (Å²) in [6.07, 6.45) is 13.1. The zero-order valence-corrected chi connectivity index (χ0v) is 10.4. The van der Waals surface area contributed by atoms with E-state index in [0.29, 0.717) is 0 Å². The van der Waals surface area contributed by atoms with Crippen LogP contribution in [0.4, 0.5) is 0 Å². The predicted octanol–water partition coefficient (Wildman–Crippen LogP) is 3.90. The molecule has 1 atom stereocenters. The first kappa shape index (κ1) is 11.5. The van der Waals surface area contributed by atoms with Gasteiger partial charge in [0.1, 0.15) is 0 Å². The summed E-state index contributed by atoms with van der Waals surface area (Å²) in [5, 5.41) is 0. The highest BCUT2D eigenvalue weighted by Crippen LogP contribution is 2.26. The average Bonchev–Trinajstić information content (AvgIpc) is 2.54. The fourth-order valence-corrected chi connectivity index (χ4v) is 2.65. The smallest absolute Gasteiger partial charge is 0.0325 e. The van der Waals surface area contributed by atoms with Gasteiger partial charge in [-0.15, -0.1) is 0 Å². The summed E-state index contributed by atoms with van der Waals surface area (Å²) in [5.74, 6) is 0.819. The lowest BCUT2D eigenvalue weighted by atomic mass is 10.0. The van der Waals surface area contributed by atoms with Gasteiger partial charge in [-0.2, -0.15) is 0 Å². The zero-order valence-electron chi connectivity index (χ0n) is 10.4. The van der Waals surface area contributed by atoms with Gasteiger partial charge in [-0.05, 0) is 37.2 Å². The van der Waals surface area contributed by atoms with E-state index in [1.807, 2.05) is 0 Å². The van der Waals surface area contributed by atoms with Gasteiger partial charge in [0.15, 0.2) is 0 Å². The average molecular weight is 217 g/mol. The Morgan fingerprint density at radius 1 is 1.44 bits per heavy atom. The predicted molar refractivity (Wildman–Crippen MR) is 70.2 cm³/mol.